The lowest BCUT2D eigenvalue weighted by atomic mass is 9.97. The molecule has 0 saturated carbocycles. The topological polar surface area (TPSA) is 90.1 Å². The van der Waals surface area contributed by atoms with E-state index in [9.17, 15) is 4.79 Å². The van der Waals surface area contributed by atoms with Crippen molar-refractivity contribution in [1.29, 1.82) is 0 Å². The molecule has 7 nitrogen and oxygen atoms in total. The summed E-state index contributed by atoms with van der Waals surface area (Å²) in [4.78, 5) is 20.7. The van der Waals surface area contributed by atoms with E-state index >= 15 is 0 Å². The second-order valence-corrected chi connectivity index (χ2v) is 5.67. The number of hydrogen-bond acceptors (Lipinski definition) is 6. The summed E-state index contributed by atoms with van der Waals surface area (Å²) in [5.41, 5.74) is 2.86. The minimum absolute atomic E-state index is 0.152. The molecule has 0 unspecified atom stereocenters. The minimum atomic E-state index is -0.604. The highest BCUT2D eigenvalue weighted by Crippen LogP contribution is 2.27. The molecule has 3 aromatic rings. The number of carbonyl (C=O) groups is 1. The predicted molar refractivity (Wildman–Crippen MR) is 88.2 cm³/mol. The van der Waals surface area contributed by atoms with Gasteiger partial charge in [0.05, 0.1) is 13.2 Å². The zero-order valence-corrected chi connectivity index (χ0v) is 13.4. The van der Waals surface area contributed by atoms with Crippen LogP contribution in [0.1, 0.15) is 23.1 Å². The smallest absolute Gasteiger partial charge is 0.254 e. The number of amides is 1. The fourth-order valence-corrected chi connectivity index (χ4v) is 2.81. The highest BCUT2D eigenvalue weighted by Gasteiger charge is 2.27. The molecule has 1 aliphatic rings. The maximum absolute atomic E-state index is 12.5. The third-order valence-corrected chi connectivity index (χ3v) is 4.05. The summed E-state index contributed by atoms with van der Waals surface area (Å²) < 4.78 is 10.8. The third kappa shape index (κ3) is 3.27. The van der Waals surface area contributed by atoms with Gasteiger partial charge in [0.25, 0.3) is 5.91 Å². The van der Waals surface area contributed by atoms with E-state index in [0.29, 0.717) is 18.3 Å². The van der Waals surface area contributed by atoms with Crippen LogP contribution in [0.2, 0.25) is 0 Å². The minimum Gasteiger partial charge on any atom is -0.363 e. The molecule has 1 aliphatic heterocycles. The number of nitrogens with zero attached hydrogens (tertiary/aromatic N) is 3. The van der Waals surface area contributed by atoms with Gasteiger partial charge in [0.1, 0.15) is 0 Å². The Bertz CT molecular complexity index is 879. The van der Waals surface area contributed by atoms with E-state index in [-0.39, 0.29) is 12.5 Å². The summed E-state index contributed by atoms with van der Waals surface area (Å²) in [6.07, 6.45) is 3.53. The van der Waals surface area contributed by atoms with Crippen LogP contribution in [0.4, 0.5) is 0 Å². The number of aromatic nitrogens is 3. The highest BCUT2D eigenvalue weighted by atomic mass is 16.5. The average molecular weight is 336 g/mol. The molecular weight excluding hydrogens is 320 g/mol. The van der Waals surface area contributed by atoms with E-state index in [1.807, 2.05) is 24.3 Å². The molecule has 7 heteroatoms. The van der Waals surface area contributed by atoms with Crippen molar-refractivity contribution >= 4 is 5.91 Å². The molecule has 3 heterocycles. The molecule has 1 atom stereocenters. The van der Waals surface area contributed by atoms with Gasteiger partial charge >= 0.3 is 0 Å². The van der Waals surface area contributed by atoms with Gasteiger partial charge < -0.3 is 14.6 Å². The van der Waals surface area contributed by atoms with E-state index in [2.05, 4.69) is 20.4 Å². The number of rotatable bonds is 4. The summed E-state index contributed by atoms with van der Waals surface area (Å²) in [6.45, 7) is 0.681. The van der Waals surface area contributed by atoms with Gasteiger partial charge in [0.15, 0.2) is 6.10 Å². The average Bonchev–Trinajstić information content (AvgIpc) is 3.15. The lowest BCUT2D eigenvalue weighted by molar-refractivity contribution is -0.134. The number of benzene rings is 1. The van der Waals surface area contributed by atoms with Crippen molar-refractivity contribution in [2.24, 2.45) is 0 Å². The van der Waals surface area contributed by atoms with Crippen molar-refractivity contribution in [3.63, 3.8) is 0 Å². The predicted octanol–water partition coefficient (Wildman–Crippen LogP) is 2.06. The standard InChI is InChI=1S/C18H16N4O3/c23-18(16-14-4-2-1-3-12(14)7-10-24-16)20-11-15-21-17(22-25-15)13-5-8-19-9-6-13/h1-6,8-9,16H,7,10-11H2,(H,20,23)/t16-/m0/s1. The van der Waals surface area contributed by atoms with Gasteiger partial charge in [-0.2, -0.15) is 4.98 Å². The van der Waals surface area contributed by atoms with Gasteiger partial charge in [-0.05, 0) is 29.7 Å². The molecule has 0 radical (unpaired) electrons. The van der Waals surface area contributed by atoms with Crippen molar-refractivity contribution in [2.75, 3.05) is 6.61 Å². The van der Waals surface area contributed by atoms with Gasteiger partial charge in [0, 0.05) is 18.0 Å². The van der Waals surface area contributed by atoms with Crippen molar-refractivity contribution < 1.29 is 14.1 Å². The van der Waals surface area contributed by atoms with E-state index in [0.717, 1.165) is 23.1 Å². The monoisotopic (exact) mass is 336 g/mol. The second-order valence-electron chi connectivity index (χ2n) is 5.67. The Hall–Kier alpha value is -3.06. The molecule has 1 aromatic carbocycles. The molecule has 2 aromatic heterocycles. The first kappa shape index (κ1) is 15.5. The van der Waals surface area contributed by atoms with Crippen LogP contribution in [0.3, 0.4) is 0 Å². The number of carbonyl (C=O) groups excluding carboxylic acids is 1. The number of pyridine rings is 1. The summed E-state index contributed by atoms with van der Waals surface area (Å²) in [6, 6.07) is 11.4. The molecule has 1 N–H and O–H groups in total. The molecule has 0 bridgehead atoms. The van der Waals surface area contributed by atoms with Crippen molar-refractivity contribution in [3.05, 3.63) is 65.8 Å². The lowest BCUT2D eigenvalue weighted by Gasteiger charge is -2.24. The summed E-state index contributed by atoms with van der Waals surface area (Å²) in [5.74, 6) is 0.589. The Labute approximate surface area is 144 Å². The SMILES string of the molecule is O=C(NCc1nc(-c2ccncc2)no1)[C@H]1OCCc2ccccc21. The van der Waals surface area contributed by atoms with Gasteiger partial charge in [-0.25, -0.2) is 0 Å². The van der Waals surface area contributed by atoms with Crippen LogP contribution in [0.15, 0.2) is 53.3 Å². The van der Waals surface area contributed by atoms with Gasteiger partial charge in [-0.3, -0.25) is 9.78 Å². The van der Waals surface area contributed by atoms with Gasteiger partial charge in [-0.1, -0.05) is 29.4 Å². The summed E-state index contributed by atoms with van der Waals surface area (Å²) in [7, 11) is 0. The first-order valence-electron chi connectivity index (χ1n) is 8.01. The largest absolute Gasteiger partial charge is 0.363 e. The number of fused-ring (bicyclic) bond motifs is 1. The normalized spacial score (nSPS) is 16.2. The molecule has 4 rings (SSSR count). The Morgan fingerprint density at radius 2 is 2.04 bits per heavy atom. The van der Waals surface area contributed by atoms with Crippen molar-refractivity contribution in [2.45, 2.75) is 19.1 Å². The fourth-order valence-electron chi connectivity index (χ4n) is 2.81. The van der Waals surface area contributed by atoms with Crippen LogP contribution in [-0.2, 0) is 22.5 Å². The van der Waals surface area contributed by atoms with E-state index < -0.39 is 6.10 Å². The maximum atomic E-state index is 12.5. The van der Waals surface area contributed by atoms with E-state index in [1.165, 1.54) is 0 Å². The Morgan fingerprint density at radius 3 is 2.92 bits per heavy atom. The van der Waals surface area contributed by atoms with Crippen molar-refractivity contribution in [3.8, 4) is 11.4 Å². The van der Waals surface area contributed by atoms with Crippen LogP contribution >= 0.6 is 0 Å². The maximum Gasteiger partial charge on any atom is 0.254 e. The van der Waals surface area contributed by atoms with Crippen LogP contribution < -0.4 is 5.32 Å². The summed E-state index contributed by atoms with van der Waals surface area (Å²) >= 11 is 0. The Morgan fingerprint density at radius 1 is 1.20 bits per heavy atom. The third-order valence-electron chi connectivity index (χ3n) is 4.05. The zero-order chi connectivity index (χ0) is 17.1. The Kier molecular flexibility index (Phi) is 4.22. The number of nitrogens with one attached hydrogen (secondary N) is 1. The highest BCUT2D eigenvalue weighted by molar-refractivity contribution is 5.82. The molecule has 0 saturated heterocycles. The van der Waals surface area contributed by atoms with Gasteiger partial charge in [0.2, 0.25) is 11.7 Å². The fraction of sp³-hybridized carbons (Fsp3) is 0.222. The Balaban J connectivity index is 1.42. The quantitative estimate of drug-likeness (QED) is 0.784. The number of hydrogen-bond donors (Lipinski definition) is 1. The number of ether oxygens (including phenoxy) is 1. The molecular formula is C18H16N4O3. The van der Waals surface area contributed by atoms with Crippen LogP contribution in [-0.4, -0.2) is 27.6 Å². The van der Waals surface area contributed by atoms with Crippen molar-refractivity contribution in [1.82, 2.24) is 20.4 Å². The molecule has 1 amide bonds. The van der Waals surface area contributed by atoms with Crippen LogP contribution in [0, 0.1) is 0 Å². The molecule has 0 fully saturated rings. The lowest BCUT2D eigenvalue weighted by Crippen LogP contribution is -2.33. The molecule has 25 heavy (non-hydrogen) atoms. The van der Waals surface area contributed by atoms with E-state index in [4.69, 9.17) is 9.26 Å². The van der Waals surface area contributed by atoms with E-state index in [1.54, 1.807) is 24.5 Å². The van der Waals surface area contributed by atoms with Crippen LogP contribution in [0.5, 0.6) is 0 Å². The first-order chi connectivity index (χ1) is 12.3. The van der Waals surface area contributed by atoms with Crippen LogP contribution in [0.25, 0.3) is 11.4 Å². The second kappa shape index (κ2) is 6.82. The van der Waals surface area contributed by atoms with Gasteiger partial charge in [-0.15, -0.1) is 0 Å². The summed E-state index contributed by atoms with van der Waals surface area (Å²) in [5, 5.41) is 6.72. The molecule has 0 spiro atoms. The zero-order valence-electron chi connectivity index (χ0n) is 13.4. The first-order valence-corrected chi connectivity index (χ1v) is 8.01. The molecule has 0 aliphatic carbocycles. The molecule has 126 valence electrons.